The maximum absolute atomic E-state index is 12.0. The smallest absolute Gasteiger partial charge is 0.242 e. The molecular weight excluding hydrogens is 254 g/mol. The molecule has 1 aromatic rings. The van der Waals surface area contributed by atoms with Crippen LogP contribution in [-0.2, 0) is 16.1 Å². The fraction of sp³-hybridized carbons (Fsp3) is 0.467. The molecule has 0 radical (unpaired) electrons. The molecule has 106 valence electrons. The van der Waals surface area contributed by atoms with E-state index in [1.807, 2.05) is 19.1 Å². The Labute approximate surface area is 118 Å². The topological polar surface area (TPSA) is 45.1 Å². The summed E-state index contributed by atoms with van der Waals surface area (Å²) in [5.74, 6) is 0.960. The van der Waals surface area contributed by atoms with E-state index in [0.717, 1.165) is 30.1 Å². The lowest BCUT2D eigenvalue weighted by molar-refractivity contribution is -0.131. The molecule has 0 unspecified atom stereocenters. The van der Waals surface area contributed by atoms with E-state index in [-0.39, 0.29) is 5.91 Å². The van der Waals surface area contributed by atoms with Crippen molar-refractivity contribution in [2.24, 2.45) is 5.10 Å². The lowest BCUT2D eigenvalue weighted by Gasteiger charge is -2.34. The van der Waals surface area contributed by atoms with Crippen molar-refractivity contribution in [3.63, 3.8) is 0 Å². The molecule has 0 saturated carbocycles. The zero-order valence-electron chi connectivity index (χ0n) is 11.7. The molecule has 0 aliphatic carbocycles. The Morgan fingerprint density at radius 2 is 2.05 bits per heavy atom. The predicted octanol–water partition coefficient (Wildman–Crippen LogP) is 1.43. The first-order valence-corrected chi connectivity index (χ1v) is 7.09. The molecule has 0 bridgehead atoms. The Hall–Kier alpha value is -1.88. The fourth-order valence-electron chi connectivity index (χ4n) is 2.58. The van der Waals surface area contributed by atoms with Crippen LogP contribution in [-0.4, -0.2) is 48.0 Å². The first-order valence-electron chi connectivity index (χ1n) is 7.09. The van der Waals surface area contributed by atoms with Gasteiger partial charge in [0.2, 0.25) is 5.91 Å². The summed E-state index contributed by atoms with van der Waals surface area (Å²) in [5.41, 5.74) is 2.29. The van der Waals surface area contributed by atoms with Gasteiger partial charge in [-0.2, -0.15) is 5.10 Å². The van der Waals surface area contributed by atoms with Gasteiger partial charge in [-0.3, -0.25) is 4.79 Å². The predicted molar refractivity (Wildman–Crippen MR) is 76.2 cm³/mol. The van der Waals surface area contributed by atoms with Crippen LogP contribution in [0.5, 0.6) is 0 Å². The Morgan fingerprint density at radius 1 is 1.30 bits per heavy atom. The summed E-state index contributed by atoms with van der Waals surface area (Å²) in [7, 11) is 0. The third kappa shape index (κ3) is 2.41. The van der Waals surface area contributed by atoms with Crippen LogP contribution >= 0.6 is 0 Å². The number of hydrazone groups is 1. The molecule has 1 saturated heterocycles. The molecule has 2 aliphatic rings. The highest BCUT2D eigenvalue weighted by atomic mass is 16.5. The maximum atomic E-state index is 12.0. The zero-order valence-corrected chi connectivity index (χ0v) is 11.7. The van der Waals surface area contributed by atoms with Crippen molar-refractivity contribution in [2.75, 3.05) is 26.3 Å². The molecule has 0 spiro atoms. The normalized spacial score (nSPS) is 18.6. The molecule has 0 aromatic heterocycles. The van der Waals surface area contributed by atoms with Gasteiger partial charge in [0.25, 0.3) is 0 Å². The molecule has 1 fully saturated rings. The highest BCUT2D eigenvalue weighted by Gasteiger charge is 2.26. The van der Waals surface area contributed by atoms with Crippen LogP contribution in [0.15, 0.2) is 29.4 Å². The van der Waals surface area contributed by atoms with Gasteiger partial charge in [0.1, 0.15) is 0 Å². The summed E-state index contributed by atoms with van der Waals surface area (Å²) in [6.45, 7) is 5.50. The van der Waals surface area contributed by atoms with Crippen LogP contribution in [0.25, 0.3) is 0 Å². The molecule has 3 rings (SSSR count). The lowest BCUT2D eigenvalue weighted by Crippen LogP contribution is -2.45. The molecule has 1 aromatic carbocycles. The van der Waals surface area contributed by atoms with Crippen molar-refractivity contribution in [3.05, 3.63) is 35.4 Å². The van der Waals surface area contributed by atoms with E-state index in [9.17, 15) is 4.79 Å². The summed E-state index contributed by atoms with van der Waals surface area (Å²) in [6.07, 6.45) is 0.474. The number of carbonyl (C=O) groups is 1. The standard InChI is InChI=1S/C15H19N3O2/c1-2-14(19)18-11-12-5-3-4-6-13(12)15(16-18)17-7-9-20-10-8-17/h3-6H,2,7-11H2,1H3. The molecule has 2 aliphatic heterocycles. The van der Waals surface area contributed by atoms with Crippen LogP contribution < -0.4 is 0 Å². The van der Waals surface area contributed by atoms with Crippen LogP contribution in [0.1, 0.15) is 24.5 Å². The zero-order chi connectivity index (χ0) is 13.9. The van der Waals surface area contributed by atoms with E-state index in [0.29, 0.717) is 26.2 Å². The number of carbonyl (C=O) groups excluding carboxylic acids is 1. The third-order valence-electron chi connectivity index (χ3n) is 3.69. The number of benzene rings is 1. The van der Waals surface area contributed by atoms with Gasteiger partial charge >= 0.3 is 0 Å². The summed E-state index contributed by atoms with van der Waals surface area (Å²) >= 11 is 0. The van der Waals surface area contributed by atoms with Crippen molar-refractivity contribution in [1.82, 2.24) is 9.91 Å². The second kappa shape index (κ2) is 5.63. The number of morpholine rings is 1. The molecular formula is C15H19N3O2. The van der Waals surface area contributed by atoms with Gasteiger partial charge in [0.05, 0.1) is 19.8 Å². The largest absolute Gasteiger partial charge is 0.378 e. The summed E-state index contributed by atoms with van der Waals surface area (Å²) in [6, 6.07) is 8.18. The molecule has 0 atom stereocenters. The van der Waals surface area contributed by atoms with Gasteiger partial charge < -0.3 is 9.64 Å². The number of amides is 1. The number of amidine groups is 1. The minimum Gasteiger partial charge on any atom is -0.378 e. The highest BCUT2D eigenvalue weighted by Crippen LogP contribution is 2.22. The van der Waals surface area contributed by atoms with E-state index in [1.165, 1.54) is 0 Å². The Kier molecular flexibility index (Phi) is 3.69. The number of hydrogen-bond acceptors (Lipinski definition) is 4. The van der Waals surface area contributed by atoms with Gasteiger partial charge in [-0.05, 0) is 5.56 Å². The van der Waals surface area contributed by atoms with Gasteiger partial charge in [0, 0.05) is 25.1 Å². The molecule has 5 heteroatoms. The van der Waals surface area contributed by atoms with Crippen molar-refractivity contribution in [1.29, 1.82) is 0 Å². The second-order valence-corrected chi connectivity index (χ2v) is 4.99. The summed E-state index contributed by atoms with van der Waals surface area (Å²) in [4.78, 5) is 14.2. The molecule has 20 heavy (non-hydrogen) atoms. The van der Waals surface area contributed by atoms with E-state index >= 15 is 0 Å². The van der Waals surface area contributed by atoms with E-state index in [4.69, 9.17) is 4.74 Å². The maximum Gasteiger partial charge on any atom is 0.242 e. The number of rotatable bonds is 1. The minimum atomic E-state index is 0.0604. The molecule has 0 N–H and O–H groups in total. The molecule has 1 amide bonds. The van der Waals surface area contributed by atoms with E-state index < -0.39 is 0 Å². The fourth-order valence-corrected chi connectivity index (χ4v) is 2.58. The van der Waals surface area contributed by atoms with Gasteiger partial charge in [-0.25, -0.2) is 5.01 Å². The average Bonchev–Trinajstić information content (AvgIpc) is 2.54. The monoisotopic (exact) mass is 273 g/mol. The second-order valence-electron chi connectivity index (χ2n) is 4.99. The van der Waals surface area contributed by atoms with Crippen LogP contribution in [0.4, 0.5) is 0 Å². The SMILES string of the molecule is CCC(=O)N1Cc2ccccc2C(N2CCOCC2)=N1. The van der Waals surface area contributed by atoms with Crippen LogP contribution in [0, 0.1) is 0 Å². The first kappa shape index (κ1) is 13.1. The first-order chi connectivity index (χ1) is 9.79. The van der Waals surface area contributed by atoms with Crippen molar-refractivity contribution >= 4 is 11.7 Å². The number of nitrogens with zero attached hydrogens (tertiary/aromatic N) is 3. The summed E-state index contributed by atoms with van der Waals surface area (Å²) in [5, 5.41) is 6.18. The number of hydrogen-bond donors (Lipinski definition) is 0. The molecule has 2 heterocycles. The van der Waals surface area contributed by atoms with E-state index in [2.05, 4.69) is 22.1 Å². The van der Waals surface area contributed by atoms with Crippen molar-refractivity contribution in [2.45, 2.75) is 19.9 Å². The van der Waals surface area contributed by atoms with Crippen molar-refractivity contribution in [3.8, 4) is 0 Å². The third-order valence-corrected chi connectivity index (χ3v) is 3.69. The van der Waals surface area contributed by atoms with Crippen molar-refractivity contribution < 1.29 is 9.53 Å². The van der Waals surface area contributed by atoms with Gasteiger partial charge in [-0.15, -0.1) is 0 Å². The lowest BCUT2D eigenvalue weighted by atomic mass is 10.0. The van der Waals surface area contributed by atoms with E-state index in [1.54, 1.807) is 5.01 Å². The summed E-state index contributed by atoms with van der Waals surface area (Å²) < 4.78 is 5.40. The van der Waals surface area contributed by atoms with Gasteiger partial charge in [-0.1, -0.05) is 31.2 Å². The minimum absolute atomic E-state index is 0.0604. The average molecular weight is 273 g/mol. The quantitative estimate of drug-likeness (QED) is 0.777. The van der Waals surface area contributed by atoms with Crippen LogP contribution in [0.3, 0.4) is 0 Å². The van der Waals surface area contributed by atoms with Gasteiger partial charge in [0.15, 0.2) is 5.84 Å². The Bertz CT molecular complexity index is 536. The Balaban J connectivity index is 1.97. The Morgan fingerprint density at radius 3 is 2.80 bits per heavy atom. The highest BCUT2D eigenvalue weighted by molar-refractivity contribution is 6.01. The molecule has 5 nitrogen and oxygen atoms in total. The number of ether oxygens (including phenoxy) is 1. The number of fused-ring (bicyclic) bond motifs is 1. The van der Waals surface area contributed by atoms with Crippen LogP contribution in [0.2, 0.25) is 0 Å².